The second kappa shape index (κ2) is 3.27. The highest BCUT2D eigenvalue weighted by Gasteiger charge is 2.66. The van der Waals surface area contributed by atoms with E-state index in [9.17, 15) is 5.11 Å². The Morgan fingerprint density at radius 2 is 1.76 bits per heavy atom. The second-order valence-electron chi connectivity index (χ2n) is 7.49. The number of aliphatic hydroxyl groups excluding tert-OH is 1. The number of rotatable bonds is 0. The molecule has 0 aromatic heterocycles. The summed E-state index contributed by atoms with van der Waals surface area (Å²) in [6.07, 6.45) is 5.64. The summed E-state index contributed by atoms with van der Waals surface area (Å²) in [6.45, 7) is 9.08. The van der Waals surface area contributed by atoms with Gasteiger partial charge < -0.3 is 9.84 Å². The van der Waals surface area contributed by atoms with Gasteiger partial charge in [-0.05, 0) is 57.3 Å². The number of hydrogen-bond donors (Lipinski definition) is 1. The molecule has 5 atom stereocenters. The highest BCUT2D eigenvalue weighted by atomic mass is 16.5. The summed E-state index contributed by atoms with van der Waals surface area (Å²) in [5.74, 6) is 0.967. The molecule has 1 aliphatic heterocycles. The highest BCUT2D eigenvalue weighted by molar-refractivity contribution is 5.15. The molecule has 0 amide bonds. The van der Waals surface area contributed by atoms with E-state index in [1.807, 2.05) is 0 Å². The molecule has 98 valence electrons. The molecular weight excluding hydrogens is 212 g/mol. The largest absolute Gasteiger partial charge is 0.393 e. The summed E-state index contributed by atoms with van der Waals surface area (Å²) >= 11 is 0. The zero-order valence-corrected chi connectivity index (χ0v) is 11.6. The molecule has 2 bridgehead atoms. The van der Waals surface area contributed by atoms with Crippen LogP contribution in [0.15, 0.2) is 0 Å². The normalized spacial score (nSPS) is 56.6. The Kier molecular flexibility index (Phi) is 2.30. The van der Waals surface area contributed by atoms with Crippen LogP contribution < -0.4 is 0 Å². The Hall–Kier alpha value is -0.0800. The van der Waals surface area contributed by atoms with Crippen molar-refractivity contribution in [2.75, 3.05) is 0 Å². The predicted octanol–water partition coefficient (Wildman–Crippen LogP) is 3.13. The average Bonchev–Trinajstić information content (AvgIpc) is 2.49. The molecule has 17 heavy (non-hydrogen) atoms. The van der Waals surface area contributed by atoms with Crippen molar-refractivity contribution in [3.05, 3.63) is 0 Å². The van der Waals surface area contributed by atoms with E-state index in [0.29, 0.717) is 5.92 Å². The Bertz CT molecular complexity index is 338. The smallest absolute Gasteiger partial charge is 0.0796 e. The number of ether oxygens (including phenoxy) is 1. The fourth-order valence-electron chi connectivity index (χ4n) is 4.92. The molecule has 0 aromatic rings. The number of aliphatic hydroxyl groups is 1. The molecule has 3 aliphatic rings. The van der Waals surface area contributed by atoms with Gasteiger partial charge in [0.1, 0.15) is 0 Å². The van der Waals surface area contributed by atoms with Crippen LogP contribution in [-0.4, -0.2) is 22.4 Å². The van der Waals surface area contributed by atoms with Crippen LogP contribution in [-0.2, 0) is 4.74 Å². The molecule has 3 rings (SSSR count). The Morgan fingerprint density at radius 1 is 1.12 bits per heavy atom. The van der Waals surface area contributed by atoms with Gasteiger partial charge in [-0.25, -0.2) is 0 Å². The fourth-order valence-corrected chi connectivity index (χ4v) is 4.92. The minimum atomic E-state index is -0.171. The fraction of sp³-hybridized carbons (Fsp3) is 1.00. The second-order valence-corrected chi connectivity index (χ2v) is 7.49. The van der Waals surface area contributed by atoms with Gasteiger partial charge in [-0.3, -0.25) is 0 Å². The van der Waals surface area contributed by atoms with E-state index in [-0.39, 0.29) is 28.6 Å². The van der Waals surface area contributed by atoms with Crippen LogP contribution in [0.2, 0.25) is 0 Å². The summed E-state index contributed by atoms with van der Waals surface area (Å²) in [6, 6.07) is 0. The quantitative estimate of drug-likeness (QED) is 0.702. The SMILES string of the molecule is C[C@@H]1[C@@H](O)CC[C@@]2(C)CC[C@@H]3C[C@]12OC3(C)C. The zero-order valence-electron chi connectivity index (χ0n) is 11.6. The van der Waals surface area contributed by atoms with E-state index in [4.69, 9.17) is 4.74 Å². The Balaban J connectivity index is 2.05. The summed E-state index contributed by atoms with van der Waals surface area (Å²) in [5.41, 5.74) is 0.232. The van der Waals surface area contributed by atoms with Gasteiger partial charge in [-0.15, -0.1) is 0 Å². The lowest BCUT2D eigenvalue weighted by molar-refractivity contribution is -0.216. The van der Waals surface area contributed by atoms with Crippen LogP contribution in [0.25, 0.3) is 0 Å². The van der Waals surface area contributed by atoms with Crippen LogP contribution in [0.1, 0.15) is 59.8 Å². The first kappa shape index (κ1) is 12.0. The van der Waals surface area contributed by atoms with E-state index >= 15 is 0 Å². The number of fused-ring (bicyclic) bond motifs is 1. The van der Waals surface area contributed by atoms with Crippen molar-refractivity contribution >= 4 is 0 Å². The van der Waals surface area contributed by atoms with Gasteiger partial charge in [0.25, 0.3) is 0 Å². The van der Waals surface area contributed by atoms with Crippen molar-refractivity contribution in [3.8, 4) is 0 Å². The van der Waals surface area contributed by atoms with Crippen molar-refractivity contribution < 1.29 is 9.84 Å². The van der Waals surface area contributed by atoms with Crippen LogP contribution >= 0.6 is 0 Å². The first-order valence-electron chi connectivity index (χ1n) is 7.19. The summed E-state index contributed by atoms with van der Waals surface area (Å²) in [7, 11) is 0. The van der Waals surface area contributed by atoms with Crippen LogP contribution in [0, 0.1) is 17.3 Å². The lowest BCUT2D eigenvalue weighted by Crippen LogP contribution is -2.59. The molecule has 1 saturated heterocycles. The third-order valence-corrected chi connectivity index (χ3v) is 6.35. The lowest BCUT2D eigenvalue weighted by atomic mass is 9.52. The molecule has 2 aliphatic carbocycles. The molecule has 0 unspecified atom stereocenters. The van der Waals surface area contributed by atoms with E-state index in [2.05, 4.69) is 27.7 Å². The van der Waals surface area contributed by atoms with E-state index in [1.54, 1.807) is 0 Å². The molecule has 2 saturated carbocycles. The molecule has 0 aromatic carbocycles. The van der Waals surface area contributed by atoms with E-state index < -0.39 is 0 Å². The Labute approximate surface area is 105 Å². The average molecular weight is 238 g/mol. The lowest BCUT2D eigenvalue weighted by Gasteiger charge is -2.56. The van der Waals surface area contributed by atoms with Crippen molar-refractivity contribution in [1.82, 2.24) is 0 Å². The maximum Gasteiger partial charge on any atom is 0.0796 e. The zero-order chi connectivity index (χ0) is 12.5. The first-order valence-corrected chi connectivity index (χ1v) is 7.19. The Morgan fingerprint density at radius 3 is 2.47 bits per heavy atom. The van der Waals surface area contributed by atoms with Gasteiger partial charge in [0.05, 0.1) is 17.3 Å². The molecule has 2 heteroatoms. The van der Waals surface area contributed by atoms with Gasteiger partial charge in [0.15, 0.2) is 0 Å². The van der Waals surface area contributed by atoms with E-state index in [1.165, 1.54) is 12.8 Å². The van der Waals surface area contributed by atoms with E-state index in [0.717, 1.165) is 19.3 Å². The molecule has 2 nitrogen and oxygen atoms in total. The van der Waals surface area contributed by atoms with Gasteiger partial charge in [0, 0.05) is 5.92 Å². The van der Waals surface area contributed by atoms with Crippen LogP contribution in [0.4, 0.5) is 0 Å². The van der Waals surface area contributed by atoms with Gasteiger partial charge >= 0.3 is 0 Å². The van der Waals surface area contributed by atoms with Gasteiger partial charge in [-0.2, -0.15) is 0 Å². The van der Waals surface area contributed by atoms with Crippen LogP contribution in [0.5, 0.6) is 0 Å². The molecule has 1 heterocycles. The topological polar surface area (TPSA) is 29.5 Å². The van der Waals surface area contributed by atoms with Gasteiger partial charge in [0.2, 0.25) is 0 Å². The van der Waals surface area contributed by atoms with Crippen molar-refractivity contribution in [1.29, 1.82) is 0 Å². The monoisotopic (exact) mass is 238 g/mol. The molecule has 0 radical (unpaired) electrons. The van der Waals surface area contributed by atoms with Crippen LogP contribution in [0.3, 0.4) is 0 Å². The molecule has 1 spiro atoms. The van der Waals surface area contributed by atoms with Crippen molar-refractivity contribution in [2.24, 2.45) is 17.3 Å². The maximum atomic E-state index is 10.2. The minimum absolute atomic E-state index is 0.00306. The minimum Gasteiger partial charge on any atom is -0.393 e. The van der Waals surface area contributed by atoms with Crippen molar-refractivity contribution in [3.63, 3.8) is 0 Å². The third kappa shape index (κ3) is 1.34. The summed E-state index contributed by atoms with van der Waals surface area (Å²) < 4.78 is 6.59. The highest BCUT2D eigenvalue weighted by Crippen LogP contribution is 2.65. The first-order chi connectivity index (χ1) is 7.81. The predicted molar refractivity (Wildman–Crippen MR) is 67.7 cm³/mol. The molecule has 3 fully saturated rings. The third-order valence-electron chi connectivity index (χ3n) is 6.35. The van der Waals surface area contributed by atoms with Crippen molar-refractivity contribution in [2.45, 2.75) is 77.1 Å². The number of hydrogen-bond acceptors (Lipinski definition) is 2. The molecular formula is C15H26O2. The summed E-state index contributed by atoms with van der Waals surface area (Å²) in [4.78, 5) is 0. The standard InChI is InChI=1S/C15H26O2/c1-10-12(16)6-8-14(4)7-5-11-9-15(10,14)17-13(11,2)3/h10-12,16H,5-9H2,1-4H3/t10-,11-,12+,14-,15+/m1/s1. The summed E-state index contributed by atoms with van der Waals surface area (Å²) in [5, 5.41) is 10.2. The maximum absolute atomic E-state index is 10.2. The van der Waals surface area contributed by atoms with Gasteiger partial charge in [-0.1, -0.05) is 13.8 Å². The molecule has 1 N–H and O–H groups in total.